The molecule has 0 saturated carbocycles. The van der Waals surface area contributed by atoms with Crippen LogP contribution in [0.3, 0.4) is 0 Å². The smallest absolute Gasteiger partial charge is 0.273 e. The first-order valence-electron chi connectivity index (χ1n) is 8.96. The third-order valence-electron chi connectivity index (χ3n) is 4.70. The monoisotopic (exact) mass is 387 g/mol. The van der Waals surface area contributed by atoms with Crippen molar-refractivity contribution in [2.24, 2.45) is 0 Å². The van der Waals surface area contributed by atoms with E-state index in [1.54, 1.807) is 31.2 Å². The molecule has 0 unspecified atom stereocenters. The van der Waals surface area contributed by atoms with Gasteiger partial charge in [-0.2, -0.15) is 0 Å². The highest BCUT2D eigenvalue weighted by atomic mass is 16.6. The van der Waals surface area contributed by atoms with Crippen molar-refractivity contribution in [3.05, 3.63) is 87.5 Å². The lowest BCUT2D eigenvalue weighted by Gasteiger charge is -2.10. The molecule has 0 bridgehead atoms. The third kappa shape index (κ3) is 3.45. The Morgan fingerprint density at radius 3 is 2.66 bits per heavy atom. The fourth-order valence-corrected chi connectivity index (χ4v) is 3.19. The Kier molecular flexibility index (Phi) is 4.56. The highest BCUT2D eigenvalue weighted by Gasteiger charge is 2.20. The molecule has 0 saturated heterocycles. The van der Waals surface area contributed by atoms with Crippen LogP contribution in [-0.4, -0.2) is 15.8 Å². The van der Waals surface area contributed by atoms with Crippen molar-refractivity contribution in [3.63, 3.8) is 0 Å². The number of aryl methyl sites for hydroxylation is 1. The van der Waals surface area contributed by atoms with Crippen LogP contribution in [0.25, 0.3) is 22.6 Å². The fraction of sp³-hybridized carbons (Fsp3) is 0.0909. The molecule has 7 heteroatoms. The average molecular weight is 387 g/mol. The number of amides is 1. The van der Waals surface area contributed by atoms with Crippen LogP contribution < -0.4 is 5.32 Å². The molecule has 4 aromatic rings. The number of hydrogen-bond donors (Lipinski definition) is 1. The molecular formula is C22H17N3O4. The Morgan fingerprint density at radius 1 is 1.07 bits per heavy atom. The molecule has 0 aliphatic carbocycles. The SMILES string of the molecule is Cc1ccc2oc(-c3ccccc3NC(=O)c3cccc([N+](=O)[O-])c3C)nc2c1. The zero-order chi connectivity index (χ0) is 20.5. The topological polar surface area (TPSA) is 98.3 Å². The van der Waals surface area contributed by atoms with Crippen LogP contribution in [0.1, 0.15) is 21.5 Å². The molecule has 1 amide bonds. The van der Waals surface area contributed by atoms with Crippen molar-refractivity contribution >= 4 is 28.4 Å². The Hall–Kier alpha value is -4.00. The van der Waals surface area contributed by atoms with E-state index in [9.17, 15) is 14.9 Å². The minimum atomic E-state index is -0.500. The van der Waals surface area contributed by atoms with Gasteiger partial charge in [0.05, 0.1) is 16.2 Å². The maximum absolute atomic E-state index is 12.8. The van der Waals surface area contributed by atoms with Crippen LogP contribution in [0.15, 0.2) is 65.1 Å². The summed E-state index contributed by atoms with van der Waals surface area (Å²) in [6.07, 6.45) is 0. The largest absolute Gasteiger partial charge is 0.436 e. The number of hydrogen-bond acceptors (Lipinski definition) is 5. The van der Waals surface area contributed by atoms with Crippen molar-refractivity contribution < 1.29 is 14.1 Å². The quantitative estimate of drug-likeness (QED) is 0.380. The number of benzene rings is 3. The van der Waals surface area contributed by atoms with Gasteiger partial charge in [0.15, 0.2) is 5.58 Å². The number of fused-ring (bicyclic) bond motifs is 1. The van der Waals surface area contributed by atoms with Crippen molar-refractivity contribution in [2.45, 2.75) is 13.8 Å². The van der Waals surface area contributed by atoms with Crippen LogP contribution in [0.2, 0.25) is 0 Å². The zero-order valence-electron chi connectivity index (χ0n) is 15.8. The number of rotatable bonds is 4. The van der Waals surface area contributed by atoms with E-state index in [1.807, 2.05) is 31.2 Å². The van der Waals surface area contributed by atoms with E-state index in [-0.39, 0.29) is 11.3 Å². The van der Waals surface area contributed by atoms with Crippen LogP contribution in [0.5, 0.6) is 0 Å². The number of carbonyl (C=O) groups is 1. The van der Waals surface area contributed by atoms with Crippen LogP contribution >= 0.6 is 0 Å². The van der Waals surface area contributed by atoms with Gasteiger partial charge in [0, 0.05) is 17.2 Å². The molecular weight excluding hydrogens is 370 g/mol. The van der Waals surface area contributed by atoms with Gasteiger partial charge < -0.3 is 9.73 Å². The highest BCUT2D eigenvalue weighted by Crippen LogP contribution is 2.31. The minimum absolute atomic E-state index is 0.0970. The highest BCUT2D eigenvalue weighted by molar-refractivity contribution is 6.07. The predicted octanol–water partition coefficient (Wildman–Crippen LogP) is 5.27. The number of nitrogens with zero attached hydrogens (tertiary/aromatic N) is 2. The summed E-state index contributed by atoms with van der Waals surface area (Å²) in [6, 6.07) is 17.3. The lowest BCUT2D eigenvalue weighted by molar-refractivity contribution is -0.385. The summed E-state index contributed by atoms with van der Waals surface area (Å²) in [7, 11) is 0. The molecule has 1 N–H and O–H groups in total. The van der Waals surface area contributed by atoms with Gasteiger partial charge in [-0.15, -0.1) is 0 Å². The number of oxazole rings is 1. The van der Waals surface area contributed by atoms with Gasteiger partial charge in [-0.25, -0.2) is 4.98 Å². The van der Waals surface area contributed by atoms with Crippen LogP contribution in [0, 0.1) is 24.0 Å². The van der Waals surface area contributed by atoms with Crippen LogP contribution in [0.4, 0.5) is 11.4 Å². The molecule has 0 radical (unpaired) electrons. The van der Waals surface area contributed by atoms with Gasteiger partial charge in [-0.05, 0) is 49.7 Å². The molecule has 0 aliphatic heterocycles. The van der Waals surface area contributed by atoms with E-state index in [2.05, 4.69) is 10.3 Å². The molecule has 1 heterocycles. The van der Waals surface area contributed by atoms with Gasteiger partial charge in [-0.3, -0.25) is 14.9 Å². The lowest BCUT2D eigenvalue weighted by Crippen LogP contribution is -2.14. The molecule has 1 aromatic heterocycles. The van der Waals surface area contributed by atoms with Crippen LogP contribution in [-0.2, 0) is 0 Å². The number of carbonyl (C=O) groups excluding carboxylic acids is 1. The fourth-order valence-electron chi connectivity index (χ4n) is 3.19. The zero-order valence-corrected chi connectivity index (χ0v) is 15.8. The summed E-state index contributed by atoms with van der Waals surface area (Å²) in [5, 5.41) is 14.0. The number of nitro benzene ring substituents is 1. The molecule has 0 spiro atoms. The Morgan fingerprint density at radius 2 is 1.86 bits per heavy atom. The number of nitro groups is 1. The third-order valence-corrected chi connectivity index (χ3v) is 4.70. The lowest BCUT2D eigenvalue weighted by atomic mass is 10.1. The number of para-hydroxylation sites is 1. The van der Waals surface area contributed by atoms with Gasteiger partial charge in [0.1, 0.15) is 5.52 Å². The molecule has 0 fully saturated rings. The van der Waals surface area contributed by atoms with Gasteiger partial charge in [0.25, 0.3) is 11.6 Å². The van der Waals surface area contributed by atoms with Gasteiger partial charge in [0.2, 0.25) is 5.89 Å². The summed E-state index contributed by atoms with van der Waals surface area (Å²) >= 11 is 0. The standard InChI is InChI=1S/C22H17N3O4/c1-13-10-11-20-18(12-13)24-22(29-20)16-6-3-4-8-17(16)23-21(26)15-7-5-9-19(14(15)2)25(27)28/h3-12H,1-2H3,(H,23,26). The van der Waals surface area contributed by atoms with E-state index in [0.717, 1.165) is 11.1 Å². The van der Waals surface area contributed by atoms with Crippen molar-refractivity contribution in [2.75, 3.05) is 5.32 Å². The summed E-state index contributed by atoms with van der Waals surface area (Å²) in [5.74, 6) is -0.0529. The molecule has 29 heavy (non-hydrogen) atoms. The minimum Gasteiger partial charge on any atom is -0.436 e. The van der Waals surface area contributed by atoms with E-state index >= 15 is 0 Å². The van der Waals surface area contributed by atoms with Gasteiger partial charge >= 0.3 is 0 Å². The second-order valence-electron chi connectivity index (χ2n) is 6.70. The summed E-state index contributed by atoms with van der Waals surface area (Å²) < 4.78 is 5.86. The maximum atomic E-state index is 12.8. The Labute approximate surface area is 166 Å². The average Bonchev–Trinajstić information content (AvgIpc) is 3.11. The number of anilines is 1. The van der Waals surface area contributed by atoms with Gasteiger partial charge in [-0.1, -0.05) is 24.3 Å². The number of nitrogens with one attached hydrogen (secondary N) is 1. The van der Waals surface area contributed by atoms with Crippen molar-refractivity contribution in [1.29, 1.82) is 0 Å². The molecule has 0 atom stereocenters. The molecule has 4 rings (SSSR count). The summed E-state index contributed by atoms with van der Waals surface area (Å²) in [4.78, 5) is 28.0. The summed E-state index contributed by atoms with van der Waals surface area (Å²) in [5.41, 5.74) is 4.04. The van der Waals surface area contributed by atoms with Crippen molar-refractivity contribution in [1.82, 2.24) is 4.98 Å². The predicted molar refractivity (Wildman–Crippen MR) is 110 cm³/mol. The number of aromatic nitrogens is 1. The van der Waals surface area contributed by atoms with E-state index in [4.69, 9.17) is 4.42 Å². The first-order valence-corrected chi connectivity index (χ1v) is 8.96. The first kappa shape index (κ1) is 18.4. The van der Waals surface area contributed by atoms with E-state index in [0.29, 0.717) is 28.3 Å². The van der Waals surface area contributed by atoms with E-state index in [1.165, 1.54) is 12.1 Å². The Balaban J connectivity index is 1.71. The molecule has 0 aliphatic rings. The molecule has 144 valence electrons. The molecule has 3 aromatic carbocycles. The second-order valence-corrected chi connectivity index (χ2v) is 6.70. The first-order chi connectivity index (χ1) is 13.9. The summed E-state index contributed by atoms with van der Waals surface area (Å²) in [6.45, 7) is 3.53. The Bertz CT molecular complexity index is 1260. The molecule has 7 nitrogen and oxygen atoms in total. The second kappa shape index (κ2) is 7.20. The van der Waals surface area contributed by atoms with E-state index < -0.39 is 10.8 Å². The maximum Gasteiger partial charge on any atom is 0.273 e. The van der Waals surface area contributed by atoms with Crippen molar-refractivity contribution in [3.8, 4) is 11.5 Å². The normalized spacial score (nSPS) is 10.8.